The molecule has 156 valence electrons. The first-order chi connectivity index (χ1) is 14.7. The first kappa shape index (κ1) is 19.6. The molecule has 5 rings (SSSR count). The van der Waals surface area contributed by atoms with Gasteiger partial charge in [0.2, 0.25) is 0 Å². The van der Waals surface area contributed by atoms with Crippen molar-refractivity contribution in [3.05, 3.63) is 77.4 Å². The topological polar surface area (TPSA) is 23.6 Å². The number of carbonyl (C=O) groups excluding carboxylic acids is 1. The number of hydrogen-bond acceptors (Lipinski definition) is 2. The molecular formula is C27H32N2O. The van der Waals surface area contributed by atoms with Gasteiger partial charge < -0.3 is 9.80 Å². The van der Waals surface area contributed by atoms with Crippen LogP contribution in [-0.2, 0) is 6.42 Å². The van der Waals surface area contributed by atoms with E-state index < -0.39 is 0 Å². The average molecular weight is 401 g/mol. The normalized spacial score (nSPS) is 26.1. The van der Waals surface area contributed by atoms with Crippen molar-refractivity contribution in [2.45, 2.75) is 38.6 Å². The lowest BCUT2D eigenvalue weighted by molar-refractivity contribution is 0.0785. The minimum Gasteiger partial charge on any atom is -0.338 e. The first-order valence-electron chi connectivity index (χ1n) is 11.6. The van der Waals surface area contributed by atoms with Gasteiger partial charge in [0.1, 0.15) is 0 Å². The van der Waals surface area contributed by atoms with Crippen LogP contribution >= 0.6 is 0 Å². The molecule has 30 heavy (non-hydrogen) atoms. The van der Waals surface area contributed by atoms with Crippen molar-refractivity contribution in [2.24, 2.45) is 11.8 Å². The number of likely N-dealkylation sites (tertiary alicyclic amines) is 2. The molecule has 2 heterocycles. The summed E-state index contributed by atoms with van der Waals surface area (Å²) in [4.78, 5) is 17.6. The summed E-state index contributed by atoms with van der Waals surface area (Å²) in [6.45, 7) is 6.51. The molecule has 2 fully saturated rings. The molecular weight excluding hydrogens is 368 g/mol. The second-order valence-corrected chi connectivity index (χ2v) is 9.31. The maximum absolute atomic E-state index is 12.9. The van der Waals surface area contributed by atoms with Gasteiger partial charge in [0.25, 0.3) is 5.91 Å². The van der Waals surface area contributed by atoms with Crippen LogP contribution in [-0.4, -0.2) is 47.9 Å². The Balaban J connectivity index is 1.22. The highest BCUT2D eigenvalue weighted by Gasteiger charge is 2.40. The monoisotopic (exact) mass is 400 g/mol. The molecule has 0 radical (unpaired) electrons. The summed E-state index contributed by atoms with van der Waals surface area (Å²) in [6.07, 6.45) is 7.34. The van der Waals surface area contributed by atoms with Crippen molar-refractivity contribution < 1.29 is 4.79 Å². The van der Waals surface area contributed by atoms with E-state index in [-0.39, 0.29) is 5.91 Å². The molecule has 2 aromatic rings. The van der Waals surface area contributed by atoms with Gasteiger partial charge in [-0.1, -0.05) is 48.5 Å². The highest BCUT2D eigenvalue weighted by atomic mass is 16.2. The van der Waals surface area contributed by atoms with Crippen LogP contribution in [0.15, 0.2) is 60.7 Å². The zero-order valence-corrected chi connectivity index (χ0v) is 18.0. The number of rotatable bonds is 5. The predicted octanol–water partition coefficient (Wildman–Crippen LogP) is 4.89. The Hall–Kier alpha value is -2.39. The molecule has 0 spiro atoms. The molecule has 3 nitrogen and oxygen atoms in total. The van der Waals surface area contributed by atoms with Gasteiger partial charge in [0, 0.05) is 37.2 Å². The van der Waals surface area contributed by atoms with Gasteiger partial charge in [-0.15, -0.1) is 0 Å². The SMILES string of the molecule is C[C@@H]1CCCN1CCc1ccc(C2=CC[C@H]3CN(C(=O)c4ccccc4)C[C@@H]23)cc1. The highest BCUT2D eigenvalue weighted by Crippen LogP contribution is 2.43. The van der Waals surface area contributed by atoms with Crippen LogP contribution < -0.4 is 0 Å². The summed E-state index contributed by atoms with van der Waals surface area (Å²) < 4.78 is 0. The maximum atomic E-state index is 12.9. The fourth-order valence-electron chi connectivity index (χ4n) is 5.61. The zero-order valence-electron chi connectivity index (χ0n) is 18.0. The smallest absolute Gasteiger partial charge is 0.253 e. The summed E-state index contributed by atoms with van der Waals surface area (Å²) in [6, 6.07) is 19.7. The Labute approximate surface area is 180 Å². The number of carbonyl (C=O) groups is 1. The van der Waals surface area contributed by atoms with Crippen LogP contribution in [0.5, 0.6) is 0 Å². The fourth-order valence-corrected chi connectivity index (χ4v) is 5.61. The van der Waals surface area contributed by atoms with Crippen LogP contribution in [0.3, 0.4) is 0 Å². The van der Waals surface area contributed by atoms with E-state index in [9.17, 15) is 4.79 Å². The van der Waals surface area contributed by atoms with Crippen molar-refractivity contribution in [1.29, 1.82) is 0 Å². The van der Waals surface area contributed by atoms with Gasteiger partial charge in [0.15, 0.2) is 0 Å². The van der Waals surface area contributed by atoms with E-state index in [1.165, 1.54) is 42.6 Å². The summed E-state index contributed by atoms with van der Waals surface area (Å²) in [5.41, 5.74) is 5.03. The van der Waals surface area contributed by atoms with E-state index in [1.807, 2.05) is 30.3 Å². The molecule has 1 amide bonds. The van der Waals surface area contributed by atoms with Crippen LogP contribution in [0.25, 0.3) is 5.57 Å². The number of fused-ring (bicyclic) bond motifs is 1. The van der Waals surface area contributed by atoms with E-state index in [2.05, 4.69) is 47.1 Å². The third kappa shape index (κ3) is 3.83. The third-order valence-corrected chi connectivity index (χ3v) is 7.45. The molecule has 3 atom stereocenters. The maximum Gasteiger partial charge on any atom is 0.253 e. The van der Waals surface area contributed by atoms with Crippen molar-refractivity contribution in [1.82, 2.24) is 9.80 Å². The van der Waals surface area contributed by atoms with Gasteiger partial charge in [-0.2, -0.15) is 0 Å². The fraction of sp³-hybridized carbons (Fsp3) is 0.444. The van der Waals surface area contributed by atoms with Crippen LogP contribution in [0.1, 0.15) is 47.7 Å². The van der Waals surface area contributed by atoms with Gasteiger partial charge in [-0.05, 0) is 73.9 Å². The minimum absolute atomic E-state index is 0.177. The minimum atomic E-state index is 0.177. The second-order valence-electron chi connectivity index (χ2n) is 9.31. The Morgan fingerprint density at radius 2 is 1.83 bits per heavy atom. The van der Waals surface area contributed by atoms with E-state index in [0.29, 0.717) is 11.8 Å². The molecule has 0 unspecified atom stereocenters. The Kier molecular flexibility index (Phi) is 5.47. The van der Waals surface area contributed by atoms with Gasteiger partial charge in [-0.25, -0.2) is 0 Å². The summed E-state index contributed by atoms with van der Waals surface area (Å²) in [7, 11) is 0. The number of hydrogen-bond donors (Lipinski definition) is 0. The van der Waals surface area contributed by atoms with Crippen molar-refractivity contribution in [3.63, 3.8) is 0 Å². The lowest BCUT2D eigenvalue weighted by Crippen LogP contribution is -2.29. The largest absolute Gasteiger partial charge is 0.338 e. The molecule has 1 aliphatic carbocycles. The molecule has 3 heteroatoms. The molecule has 0 aromatic heterocycles. The van der Waals surface area contributed by atoms with Crippen LogP contribution in [0.2, 0.25) is 0 Å². The number of allylic oxidation sites excluding steroid dienone is 1. The van der Waals surface area contributed by atoms with Crippen LogP contribution in [0, 0.1) is 11.8 Å². The molecule has 2 saturated heterocycles. The van der Waals surface area contributed by atoms with Crippen molar-refractivity contribution in [3.8, 4) is 0 Å². The lowest BCUT2D eigenvalue weighted by Gasteiger charge is -2.21. The quantitative estimate of drug-likeness (QED) is 0.713. The second kappa shape index (κ2) is 8.39. The molecule has 0 N–H and O–H groups in total. The summed E-state index contributed by atoms with van der Waals surface area (Å²) in [5.74, 6) is 1.23. The van der Waals surface area contributed by atoms with Crippen molar-refractivity contribution in [2.75, 3.05) is 26.2 Å². The average Bonchev–Trinajstić information content (AvgIpc) is 3.49. The van der Waals surface area contributed by atoms with Gasteiger partial charge >= 0.3 is 0 Å². The summed E-state index contributed by atoms with van der Waals surface area (Å²) in [5, 5.41) is 0. The lowest BCUT2D eigenvalue weighted by atomic mass is 9.90. The van der Waals surface area contributed by atoms with Crippen LogP contribution in [0.4, 0.5) is 0 Å². The Morgan fingerprint density at radius 1 is 1.03 bits per heavy atom. The van der Waals surface area contributed by atoms with E-state index >= 15 is 0 Å². The number of benzene rings is 2. The summed E-state index contributed by atoms with van der Waals surface area (Å²) >= 11 is 0. The van der Waals surface area contributed by atoms with Gasteiger partial charge in [0.05, 0.1) is 0 Å². The standard InChI is InChI=1S/C27H32N2O/c1-20-6-5-16-28(20)17-15-21-9-11-22(12-10-21)25-14-13-24-18-29(19-26(24)25)27(30)23-7-3-2-4-8-23/h2-4,7-12,14,20,24,26H,5-6,13,15-19H2,1H3/t20-,24+,26-/m1/s1. The third-order valence-electron chi connectivity index (χ3n) is 7.45. The zero-order chi connectivity index (χ0) is 20.5. The molecule has 0 bridgehead atoms. The molecule has 2 aromatic carbocycles. The van der Waals surface area contributed by atoms with Crippen molar-refractivity contribution >= 4 is 11.5 Å². The highest BCUT2D eigenvalue weighted by molar-refractivity contribution is 5.94. The van der Waals surface area contributed by atoms with E-state index in [4.69, 9.17) is 0 Å². The van der Waals surface area contributed by atoms with E-state index in [0.717, 1.165) is 37.5 Å². The Bertz CT molecular complexity index is 918. The molecule has 0 saturated carbocycles. The predicted molar refractivity (Wildman–Crippen MR) is 122 cm³/mol. The first-order valence-corrected chi connectivity index (χ1v) is 11.6. The molecule has 3 aliphatic rings. The molecule has 2 aliphatic heterocycles. The van der Waals surface area contributed by atoms with Gasteiger partial charge in [-0.3, -0.25) is 4.79 Å². The Morgan fingerprint density at radius 3 is 2.57 bits per heavy atom. The number of nitrogens with zero attached hydrogens (tertiary/aromatic N) is 2. The van der Waals surface area contributed by atoms with E-state index in [1.54, 1.807) is 0 Å². The number of amides is 1.